The largest absolute Gasteiger partial charge is 0.356 e. The summed E-state index contributed by atoms with van der Waals surface area (Å²) >= 11 is 1.63. The van der Waals surface area contributed by atoms with E-state index in [2.05, 4.69) is 20.6 Å². The molecule has 0 unspecified atom stereocenters. The third-order valence-electron chi connectivity index (χ3n) is 3.29. The van der Waals surface area contributed by atoms with Crippen LogP contribution in [0.25, 0.3) is 0 Å². The number of rotatable bonds is 6. The van der Waals surface area contributed by atoms with E-state index in [-0.39, 0.29) is 12.0 Å². The highest BCUT2D eigenvalue weighted by atomic mass is 32.1. The van der Waals surface area contributed by atoms with Crippen LogP contribution >= 0.6 is 11.3 Å². The molecule has 0 saturated carbocycles. The van der Waals surface area contributed by atoms with E-state index in [0.29, 0.717) is 19.0 Å². The van der Waals surface area contributed by atoms with Gasteiger partial charge in [0, 0.05) is 37.5 Å². The van der Waals surface area contributed by atoms with Crippen LogP contribution in [-0.2, 0) is 12.8 Å². The van der Waals surface area contributed by atoms with Gasteiger partial charge in [-0.05, 0) is 25.5 Å². The van der Waals surface area contributed by atoms with Gasteiger partial charge in [-0.25, -0.2) is 13.8 Å². The van der Waals surface area contributed by atoms with Gasteiger partial charge in [0.15, 0.2) is 5.96 Å². The molecule has 0 spiro atoms. The summed E-state index contributed by atoms with van der Waals surface area (Å²) in [6, 6.07) is 3.89. The van der Waals surface area contributed by atoms with Crippen molar-refractivity contribution in [3.8, 4) is 0 Å². The predicted octanol–water partition coefficient (Wildman–Crippen LogP) is 2.68. The second kappa shape index (κ2) is 8.57. The van der Waals surface area contributed by atoms with Crippen LogP contribution in [0.5, 0.6) is 0 Å². The molecule has 0 bridgehead atoms. The fourth-order valence-corrected chi connectivity index (χ4v) is 2.78. The number of aryl methyl sites for hydroxylation is 1. The highest BCUT2D eigenvalue weighted by Gasteiger charge is 2.08. The molecule has 0 radical (unpaired) electrons. The van der Waals surface area contributed by atoms with E-state index in [1.54, 1.807) is 18.4 Å². The number of thiazole rings is 1. The van der Waals surface area contributed by atoms with Crippen LogP contribution in [0.4, 0.5) is 8.78 Å². The van der Waals surface area contributed by atoms with Crippen LogP contribution in [0, 0.1) is 18.6 Å². The SMILES string of the molecule is CN=C(NCCc1csc(C)n1)NCCc1c(F)cccc1F. The van der Waals surface area contributed by atoms with Crippen molar-refractivity contribution in [2.45, 2.75) is 19.8 Å². The van der Waals surface area contributed by atoms with Crippen LogP contribution in [-0.4, -0.2) is 31.1 Å². The number of nitrogens with one attached hydrogen (secondary N) is 2. The fraction of sp³-hybridized carbons (Fsp3) is 0.375. The molecule has 2 rings (SSSR count). The van der Waals surface area contributed by atoms with Gasteiger partial charge in [-0.3, -0.25) is 4.99 Å². The highest BCUT2D eigenvalue weighted by molar-refractivity contribution is 7.09. The zero-order valence-electron chi connectivity index (χ0n) is 13.2. The maximum absolute atomic E-state index is 13.5. The van der Waals surface area contributed by atoms with E-state index < -0.39 is 11.6 Å². The van der Waals surface area contributed by atoms with Gasteiger partial charge < -0.3 is 10.6 Å². The normalized spacial score (nSPS) is 11.6. The molecule has 2 N–H and O–H groups in total. The molecule has 7 heteroatoms. The molecular weight excluding hydrogens is 318 g/mol. The quantitative estimate of drug-likeness (QED) is 0.629. The molecule has 0 amide bonds. The van der Waals surface area contributed by atoms with Crippen molar-refractivity contribution in [2.24, 2.45) is 4.99 Å². The zero-order valence-corrected chi connectivity index (χ0v) is 14.0. The first-order valence-electron chi connectivity index (χ1n) is 7.38. The standard InChI is InChI=1S/C16H20F2N4S/c1-11-22-12(10-23-11)6-8-20-16(19-2)21-9-7-13-14(17)4-3-5-15(13)18/h3-5,10H,6-9H2,1-2H3,(H2,19,20,21). The Morgan fingerprint density at radius 2 is 1.83 bits per heavy atom. The predicted molar refractivity (Wildman–Crippen MR) is 90.0 cm³/mol. The molecule has 1 heterocycles. The zero-order chi connectivity index (χ0) is 16.7. The van der Waals surface area contributed by atoms with Crippen molar-refractivity contribution in [3.05, 3.63) is 51.5 Å². The van der Waals surface area contributed by atoms with E-state index in [9.17, 15) is 8.78 Å². The van der Waals surface area contributed by atoms with Crippen LogP contribution in [0.1, 0.15) is 16.3 Å². The molecular formula is C16H20F2N4S. The first-order valence-corrected chi connectivity index (χ1v) is 8.26. The Bertz CT molecular complexity index is 650. The smallest absolute Gasteiger partial charge is 0.190 e. The number of aliphatic imine (C=N–C) groups is 1. The first kappa shape index (κ1) is 17.3. The van der Waals surface area contributed by atoms with Crippen LogP contribution < -0.4 is 10.6 Å². The van der Waals surface area contributed by atoms with Gasteiger partial charge in [-0.1, -0.05) is 6.07 Å². The number of aromatic nitrogens is 1. The van der Waals surface area contributed by atoms with Crippen LogP contribution in [0.2, 0.25) is 0 Å². The average Bonchev–Trinajstić information content (AvgIpc) is 2.94. The van der Waals surface area contributed by atoms with Crippen molar-refractivity contribution in [3.63, 3.8) is 0 Å². The molecule has 0 aliphatic heterocycles. The molecule has 1 aromatic carbocycles. The van der Waals surface area contributed by atoms with Crippen LogP contribution in [0.15, 0.2) is 28.6 Å². The Morgan fingerprint density at radius 3 is 2.39 bits per heavy atom. The molecule has 1 aromatic heterocycles. The Morgan fingerprint density at radius 1 is 1.17 bits per heavy atom. The fourth-order valence-electron chi connectivity index (χ4n) is 2.13. The molecule has 0 atom stereocenters. The molecule has 0 fully saturated rings. The summed E-state index contributed by atoms with van der Waals surface area (Å²) in [7, 11) is 1.66. The van der Waals surface area contributed by atoms with Gasteiger partial charge in [0.1, 0.15) is 11.6 Å². The Labute approximate surface area is 138 Å². The van der Waals surface area contributed by atoms with Gasteiger partial charge in [0.05, 0.1) is 10.7 Å². The van der Waals surface area contributed by atoms with Crippen molar-refractivity contribution in [2.75, 3.05) is 20.1 Å². The second-order valence-electron chi connectivity index (χ2n) is 4.98. The highest BCUT2D eigenvalue weighted by Crippen LogP contribution is 2.12. The summed E-state index contributed by atoms with van der Waals surface area (Å²) in [4.78, 5) is 8.48. The number of nitrogens with zero attached hydrogens (tertiary/aromatic N) is 2. The van der Waals surface area contributed by atoms with Crippen LogP contribution in [0.3, 0.4) is 0 Å². The third-order valence-corrected chi connectivity index (χ3v) is 4.12. The molecule has 0 aliphatic rings. The number of hydrogen-bond donors (Lipinski definition) is 2. The van der Waals surface area contributed by atoms with Crippen molar-refractivity contribution < 1.29 is 8.78 Å². The Kier molecular flexibility index (Phi) is 6.46. The topological polar surface area (TPSA) is 49.3 Å². The number of hydrogen-bond acceptors (Lipinski definition) is 3. The minimum Gasteiger partial charge on any atom is -0.356 e. The third kappa shape index (κ3) is 5.28. The molecule has 23 heavy (non-hydrogen) atoms. The van der Waals surface area contributed by atoms with Gasteiger partial charge in [-0.2, -0.15) is 0 Å². The average molecular weight is 338 g/mol. The van der Waals surface area contributed by atoms with Crippen molar-refractivity contribution in [1.29, 1.82) is 0 Å². The molecule has 2 aromatic rings. The maximum atomic E-state index is 13.5. The van der Waals surface area contributed by atoms with Crippen molar-refractivity contribution in [1.82, 2.24) is 15.6 Å². The first-order chi connectivity index (χ1) is 11.1. The van der Waals surface area contributed by atoms with E-state index in [4.69, 9.17) is 0 Å². The van der Waals surface area contributed by atoms with Gasteiger partial charge in [0.25, 0.3) is 0 Å². The second-order valence-corrected chi connectivity index (χ2v) is 6.05. The van der Waals surface area contributed by atoms with Gasteiger partial charge >= 0.3 is 0 Å². The minimum absolute atomic E-state index is 0.0911. The lowest BCUT2D eigenvalue weighted by molar-refractivity contribution is 0.553. The van der Waals surface area contributed by atoms with Gasteiger partial charge in [-0.15, -0.1) is 11.3 Å². The van der Waals surface area contributed by atoms with E-state index in [0.717, 1.165) is 17.1 Å². The minimum atomic E-state index is -0.520. The molecule has 124 valence electrons. The Balaban J connectivity index is 1.75. The summed E-state index contributed by atoms with van der Waals surface area (Å²) in [6.07, 6.45) is 1.05. The number of guanidine groups is 1. The summed E-state index contributed by atoms with van der Waals surface area (Å²) in [5, 5.41) is 9.30. The van der Waals surface area contributed by atoms with E-state index >= 15 is 0 Å². The molecule has 4 nitrogen and oxygen atoms in total. The maximum Gasteiger partial charge on any atom is 0.190 e. The lowest BCUT2D eigenvalue weighted by Crippen LogP contribution is -2.39. The van der Waals surface area contributed by atoms with E-state index in [1.165, 1.54) is 18.2 Å². The van der Waals surface area contributed by atoms with Gasteiger partial charge in [0.2, 0.25) is 0 Å². The summed E-state index contributed by atoms with van der Waals surface area (Å²) in [5.74, 6) is -0.434. The monoisotopic (exact) mass is 338 g/mol. The summed E-state index contributed by atoms with van der Waals surface area (Å²) in [6.45, 7) is 3.06. The Hall–Kier alpha value is -2.02. The molecule has 0 aliphatic carbocycles. The summed E-state index contributed by atoms with van der Waals surface area (Å²) in [5.41, 5.74) is 1.14. The number of halogens is 2. The van der Waals surface area contributed by atoms with Crippen molar-refractivity contribution >= 4 is 17.3 Å². The lowest BCUT2D eigenvalue weighted by atomic mass is 10.1. The lowest BCUT2D eigenvalue weighted by Gasteiger charge is -2.12. The molecule has 0 saturated heterocycles. The summed E-state index contributed by atoms with van der Waals surface area (Å²) < 4.78 is 27.1. The number of benzene rings is 1. The van der Waals surface area contributed by atoms with E-state index in [1.807, 2.05) is 12.3 Å².